The number of aromatic nitrogens is 1. The summed E-state index contributed by atoms with van der Waals surface area (Å²) in [6, 6.07) is 10.5. The number of nitrogens with one attached hydrogen (secondary N) is 1. The molecule has 2 amide bonds. The highest BCUT2D eigenvalue weighted by Crippen LogP contribution is 2.25. The highest BCUT2D eigenvalue weighted by molar-refractivity contribution is 5.89. The number of carbonyl (C=O) groups is 1. The molecule has 2 rings (SSSR count). The van der Waals surface area contributed by atoms with Crippen LogP contribution in [0.15, 0.2) is 48.8 Å². The zero-order valence-electron chi connectivity index (χ0n) is 11.4. The number of nitrogens with two attached hydrogens (primary N) is 1. The fraction of sp³-hybridized carbons (Fsp3) is 0.133. The van der Waals surface area contributed by atoms with E-state index in [2.05, 4.69) is 17.2 Å². The fourth-order valence-corrected chi connectivity index (χ4v) is 1.44. The number of primary amides is 1. The Labute approximate surface area is 118 Å². The second-order valence-electron chi connectivity index (χ2n) is 3.80. The van der Waals surface area contributed by atoms with E-state index < -0.39 is 6.03 Å². The van der Waals surface area contributed by atoms with E-state index >= 15 is 0 Å². The number of methoxy groups -OCH3 is 1. The van der Waals surface area contributed by atoms with Crippen molar-refractivity contribution in [2.24, 2.45) is 5.73 Å². The summed E-state index contributed by atoms with van der Waals surface area (Å²) in [6.07, 6.45) is 4.17. The van der Waals surface area contributed by atoms with Crippen molar-refractivity contribution in [3.63, 3.8) is 0 Å². The number of hydrogen-bond donors (Lipinski definition) is 2. The number of ether oxygens (including phenoxy) is 1. The summed E-state index contributed by atoms with van der Waals surface area (Å²) in [5.74, 6) is 0.588. The Bertz CT molecular complexity index is 503. The molecular formula is C15H18N3O2. The molecule has 0 aliphatic rings. The average Bonchev–Trinajstić information content (AvgIpc) is 2.49. The van der Waals surface area contributed by atoms with Gasteiger partial charge in [0.15, 0.2) is 0 Å². The first-order valence-corrected chi connectivity index (χ1v) is 6.05. The molecule has 1 aromatic carbocycles. The van der Waals surface area contributed by atoms with Crippen LogP contribution in [0.3, 0.4) is 0 Å². The molecular weight excluding hydrogens is 254 g/mol. The number of amides is 2. The Morgan fingerprint density at radius 3 is 2.45 bits per heavy atom. The first kappa shape index (κ1) is 15.5. The van der Waals surface area contributed by atoms with Crippen molar-refractivity contribution in [2.75, 3.05) is 12.4 Å². The molecule has 1 aromatic heterocycles. The maximum Gasteiger partial charge on any atom is 0.316 e. The topological polar surface area (TPSA) is 77.2 Å². The molecule has 0 saturated carbocycles. The van der Waals surface area contributed by atoms with E-state index in [0.717, 1.165) is 5.56 Å². The van der Waals surface area contributed by atoms with E-state index in [-0.39, 0.29) is 0 Å². The molecule has 1 radical (unpaired) electrons. The van der Waals surface area contributed by atoms with E-state index in [0.29, 0.717) is 17.9 Å². The average molecular weight is 272 g/mol. The monoisotopic (exact) mass is 272 g/mol. The number of nitrogens with zero attached hydrogens (tertiary/aromatic N) is 1. The summed E-state index contributed by atoms with van der Waals surface area (Å²) in [4.78, 5) is 14.4. The van der Waals surface area contributed by atoms with Crippen molar-refractivity contribution in [2.45, 2.75) is 6.42 Å². The van der Waals surface area contributed by atoms with Gasteiger partial charge in [0.1, 0.15) is 5.75 Å². The summed E-state index contributed by atoms with van der Waals surface area (Å²) in [7, 11) is 1.54. The number of carbonyl (C=O) groups excluding carboxylic acids is 1. The van der Waals surface area contributed by atoms with Gasteiger partial charge in [-0.25, -0.2) is 4.79 Å². The standard InChI is InChI=1S/C10H13N2O2.C5H5N/c1-3-7-4-5-8(12-10(11)13)9(6-7)14-2;1-2-4-6-5-3-1/h4-6H,1,3H2,2H3,(H3,11,12,13);1-5H. The third-order valence-corrected chi connectivity index (χ3v) is 2.38. The summed E-state index contributed by atoms with van der Waals surface area (Å²) in [5, 5.41) is 2.47. The van der Waals surface area contributed by atoms with Crippen molar-refractivity contribution in [1.82, 2.24) is 4.98 Å². The van der Waals surface area contributed by atoms with Gasteiger partial charge in [-0.2, -0.15) is 0 Å². The smallest absolute Gasteiger partial charge is 0.316 e. The van der Waals surface area contributed by atoms with Crippen molar-refractivity contribution in [3.8, 4) is 5.75 Å². The number of urea groups is 1. The maximum absolute atomic E-state index is 10.6. The van der Waals surface area contributed by atoms with Gasteiger partial charge in [-0.05, 0) is 43.2 Å². The molecule has 5 nitrogen and oxygen atoms in total. The van der Waals surface area contributed by atoms with Gasteiger partial charge in [0, 0.05) is 12.4 Å². The molecule has 0 atom stereocenters. The van der Waals surface area contributed by atoms with Gasteiger partial charge in [0.2, 0.25) is 0 Å². The Kier molecular flexibility index (Phi) is 6.61. The van der Waals surface area contributed by atoms with E-state index in [9.17, 15) is 4.79 Å². The minimum absolute atomic E-state index is 0.567. The summed E-state index contributed by atoms with van der Waals surface area (Å²) in [5.41, 5.74) is 6.61. The van der Waals surface area contributed by atoms with Crippen LogP contribution in [0.25, 0.3) is 0 Å². The number of rotatable bonds is 3. The second-order valence-corrected chi connectivity index (χ2v) is 3.80. The minimum Gasteiger partial charge on any atom is -0.495 e. The third kappa shape index (κ3) is 5.39. The lowest BCUT2D eigenvalue weighted by Gasteiger charge is -2.09. The van der Waals surface area contributed by atoms with Gasteiger partial charge >= 0.3 is 6.03 Å². The molecule has 3 N–H and O–H groups in total. The lowest BCUT2D eigenvalue weighted by Crippen LogP contribution is -2.19. The van der Waals surface area contributed by atoms with Gasteiger partial charge in [0.05, 0.1) is 12.8 Å². The molecule has 105 valence electrons. The quantitative estimate of drug-likeness (QED) is 0.901. The zero-order chi connectivity index (χ0) is 14.8. The third-order valence-electron chi connectivity index (χ3n) is 2.38. The number of anilines is 1. The predicted molar refractivity (Wildman–Crippen MR) is 79.5 cm³/mol. The van der Waals surface area contributed by atoms with Gasteiger partial charge in [-0.15, -0.1) is 0 Å². The van der Waals surface area contributed by atoms with Crippen molar-refractivity contribution in [1.29, 1.82) is 0 Å². The summed E-state index contributed by atoms with van der Waals surface area (Å²) < 4.78 is 5.09. The Morgan fingerprint density at radius 1 is 1.35 bits per heavy atom. The number of benzene rings is 1. The van der Waals surface area contributed by atoms with Crippen molar-refractivity contribution >= 4 is 11.7 Å². The molecule has 20 heavy (non-hydrogen) atoms. The molecule has 2 aromatic rings. The van der Waals surface area contributed by atoms with Crippen molar-refractivity contribution < 1.29 is 9.53 Å². The highest BCUT2D eigenvalue weighted by Gasteiger charge is 2.04. The second kappa shape index (κ2) is 8.53. The summed E-state index contributed by atoms with van der Waals surface area (Å²) in [6.45, 7) is 3.75. The lowest BCUT2D eigenvalue weighted by atomic mass is 10.1. The van der Waals surface area contributed by atoms with Crippen LogP contribution in [-0.2, 0) is 6.42 Å². The van der Waals surface area contributed by atoms with Crippen LogP contribution in [0.1, 0.15) is 5.56 Å². The molecule has 0 spiro atoms. The molecule has 0 aliphatic heterocycles. The molecule has 5 heteroatoms. The highest BCUT2D eigenvalue weighted by atomic mass is 16.5. The normalized spacial score (nSPS) is 9.10. The van der Waals surface area contributed by atoms with E-state index in [1.807, 2.05) is 30.3 Å². The SMILES string of the molecule is [CH2]Cc1ccc(NC(N)=O)c(OC)c1.c1ccncc1. The maximum atomic E-state index is 10.6. The molecule has 0 bridgehead atoms. The first-order chi connectivity index (χ1) is 9.67. The van der Waals surface area contributed by atoms with Crippen LogP contribution in [0, 0.1) is 6.92 Å². The van der Waals surface area contributed by atoms with Crippen molar-refractivity contribution in [3.05, 3.63) is 61.3 Å². The van der Waals surface area contributed by atoms with Crippen LogP contribution in [0.2, 0.25) is 0 Å². The zero-order valence-corrected chi connectivity index (χ0v) is 11.4. The van der Waals surface area contributed by atoms with Crippen LogP contribution < -0.4 is 15.8 Å². The fourth-order valence-electron chi connectivity index (χ4n) is 1.44. The molecule has 0 unspecified atom stereocenters. The Hall–Kier alpha value is -2.56. The molecule has 0 fully saturated rings. The van der Waals surface area contributed by atoms with Gasteiger partial charge in [-0.1, -0.05) is 12.1 Å². The van der Waals surface area contributed by atoms with Gasteiger partial charge in [0.25, 0.3) is 0 Å². The molecule has 1 heterocycles. The van der Waals surface area contributed by atoms with E-state index in [4.69, 9.17) is 10.5 Å². The predicted octanol–water partition coefficient (Wildman–Crippen LogP) is 2.64. The first-order valence-electron chi connectivity index (χ1n) is 6.05. The Morgan fingerprint density at radius 2 is 2.05 bits per heavy atom. The summed E-state index contributed by atoms with van der Waals surface area (Å²) >= 11 is 0. The number of hydrogen-bond acceptors (Lipinski definition) is 3. The van der Waals surface area contributed by atoms with E-state index in [1.54, 1.807) is 18.5 Å². The van der Waals surface area contributed by atoms with Crippen LogP contribution >= 0.6 is 0 Å². The largest absolute Gasteiger partial charge is 0.495 e. The lowest BCUT2D eigenvalue weighted by molar-refractivity contribution is 0.259. The minimum atomic E-state index is -0.606. The van der Waals surface area contributed by atoms with Gasteiger partial charge in [-0.3, -0.25) is 4.98 Å². The molecule has 0 aliphatic carbocycles. The Balaban J connectivity index is 0.000000276. The van der Waals surface area contributed by atoms with Crippen LogP contribution in [0.5, 0.6) is 5.75 Å². The molecule has 0 saturated heterocycles. The van der Waals surface area contributed by atoms with E-state index in [1.165, 1.54) is 7.11 Å². The van der Waals surface area contributed by atoms with Gasteiger partial charge < -0.3 is 15.8 Å². The number of pyridine rings is 1. The van der Waals surface area contributed by atoms with Crippen LogP contribution in [-0.4, -0.2) is 18.1 Å². The van der Waals surface area contributed by atoms with Crippen LogP contribution in [0.4, 0.5) is 10.5 Å².